The molecule has 5 nitrogen and oxygen atoms in total. The highest BCUT2D eigenvalue weighted by molar-refractivity contribution is 6.08. The quantitative estimate of drug-likeness (QED) is 0.346. The van der Waals surface area contributed by atoms with Crippen LogP contribution in [0.5, 0.6) is 0 Å². The minimum absolute atomic E-state index is 0.0914. The Morgan fingerprint density at radius 1 is 1.50 bits per heavy atom. The lowest BCUT2D eigenvalue weighted by Gasteiger charge is -2.24. The maximum atomic E-state index is 10.9. The Balaban J connectivity index is 4.88. The van der Waals surface area contributed by atoms with Crippen LogP contribution in [0.25, 0.3) is 0 Å². The fraction of sp³-hybridized carbons (Fsp3) is 0.429. The van der Waals surface area contributed by atoms with Crippen molar-refractivity contribution in [2.24, 2.45) is 11.5 Å². The van der Waals surface area contributed by atoms with Crippen molar-refractivity contribution in [1.29, 1.82) is 0 Å². The SMILES string of the molecule is C=CCC(NC)(C(N)=O)C(N)=O. The minimum atomic E-state index is -1.50. The molecule has 0 rings (SSSR count). The van der Waals surface area contributed by atoms with Crippen molar-refractivity contribution >= 4 is 11.8 Å². The Kier molecular flexibility index (Phi) is 3.43. The molecule has 0 radical (unpaired) electrons. The molecule has 0 aliphatic carbocycles. The molecule has 0 aromatic rings. The van der Waals surface area contributed by atoms with Gasteiger partial charge >= 0.3 is 0 Å². The third-order valence-electron chi connectivity index (χ3n) is 1.72. The molecule has 0 unspecified atom stereocenters. The molecule has 68 valence electrons. The van der Waals surface area contributed by atoms with Crippen molar-refractivity contribution in [3.05, 3.63) is 12.7 Å². The lowest BCUT2D eigenvalue weighted by Crippen LogP contribution is -2.62. The van der Waals surface area contributed by atoms with Gasteiger partial charge in [0, 0.05) is 6.42 Å². The lowest BCUT2D eigenvalue weighted by molar-refractivity contribution is -0.134. The molecular formula is C7H13N3O2. The van der Waals surface area contributed by atoms with Crippen LogP contribution in [0.2, 0.25) is 0 Å². The van der Waals surface area contributed by atoms with Crippen molar-refractivity contribution in [2.45, 2.75) is 12.0 Å². The van der Waals surface area contributed by atoms with E-state index in [2.05, 4.69) is 11.9 Å². The summed E-state index contributed by atoms with van der Waals surface area (Å²) in [6.45, 7) is 3.40. The van der Waals surface area contributed by atoms with E-state index >= 15 is 0 Å². The van der Waals surface area contributed by atoms with E-state index in [1.807, 2.05) is 0 Å². The number of hydrogen-bond donors (Lipinski definition) is 3. The fourth-order valence-electron chi connectivity index (χ4n) is 0.888. The van der Waals surface area contributed by atoms with Gasteiger partial charge < -0.3 is 11.5 Å². The predicted molar refractivity (Wildman–Crippen MR) is 45.0 cm³/mol. The normalized spacial score (nSPS) is 10.8. The summed E-state index contributed by atoms with van der Waals surface area (Å²) in [6.07, 6.45) is 1.50. The number of primary amides is 2. The summed E-state index contributed by atoms with van der Waals surface area (Å²) >= 11 is 0. The van der Waals surface area contributed by atoms with E-state index in [1.165, 1.54) is 13.1 Å². The van der Waals surface area contributed by atoms with Gasteiger partial charge in [-0.05, 0) is 7.05 Å². The van der Waals surface area contributed by atoms with Gasteiger partial charge in [0.25, 0.3) is 0 Å². The van der Waals surface area contributed by atoms with Gasteiger partial charge in [-0.3, -0.25) is 14.9 Å². The number of likely N-dealkylation sites (N-methyl/N-ethyl adjacent to an activating group) is 1. The minimum Gasteiger partial charge on any atom is -0.368 e. The zero-order valence-corrected chi connectivity index (χ0v) is 6.96. The highest BCUT2D eigenvalue weighted by Gasteiger charge is 2.39. The molecule has 0 aliphatic heterocycles. The van der Waals surface area contributed by atoms with Crippen LogP contribution in [0.1, 0.15) is 6.42 Å². The first-order valence-electron chi connectivity index (χ1n) is 3.41. The molecular weight excluding hydrogens is 158 g/mol. The van der Waals surface area contributed by atoms with E-state index in [4.69, 9.17) is 11.5 Å². The number of nitrogens with one attached hydrogen (secondary N) is 1. The van der Waals surface area contributed by atoms with Gasteiger partial charge in [-0.2, -0.15) is 0 Å². The average Bonchev–Trinajstić information content (AvgIpc) is 1.98. The maximum Gasteiger partial charge on any atom is 0.247 e. The van der Waals surface area contributed by atoms with Crippen LogP contribution in [0, 0.1) is 0 Å². The Bertz CT molecular complexity index is 199. The van der Waals surface area contributed by atoms with Crippen LogP contribution in [0.3, 0.4) is 0 Å². The molecule has 12 heavy (non-hydrogen) atoms. The Morgan fingerprint density at radius 2 is 1.92 bits per heavy atom. The first-order valence-corrected chi connectivity index (χ1v) is 3.41. The van der Waals surface area contributed by atoms with Gasteiger partial charge in [-0.15, -0.1) is 6.58 Å². The van der Waals surface area contributed by atoms with E-state index in [9.17, 15) is 9.59 Å². The Hall–Kier alpha value is -1.36. The molecule has 2 amide bonds. The first-order chi connectivity index (χ1) is 5.51. The standard InChI is InChI=1S/C7H13N3O2/c1-3-4-7(10-2,5(8)11)6(9)12/h3,10H,1,4H2,2H3,(H2,8,11)(H2,9,12). The summed E-state index contributed by atoms with van der Waals surface area (Å²) in [4.78, 5) is 21.8. The topological polar surface area (TPSA) is 98.2 Å². The Labute approximate surface area is 70.8 Å². The molecule has 0 saturated heterocycles. The average molecular weight is 171 g/mol. The van der Waals surface area contributed by atoms with E-state index in [1.54, 1.807) is 0 Å². The zero-order valence-electron chi connectivity index (χ0n) is 6.96. The van der Waals surface area contributed by atoms with Gasteiger partial charge in [0.1, 0.15) is 0 Å². The van der Waals surface area contributed by atoms with Crippen LogP contribution in [-0.4, -0.2) is 24.4 Å². The second kappa shape index (κ2) is 3.87. The molecule has 0 bridgehead atoms. The molecule has 0 aliphatic rings. The van der Waals surface area contributed by atoms with E-state index in [-0.39, 0.29) is 6.42 Å². The molecule has 0 saturated carbocycles. The number of rotatable bonds is 5. The fourth-order valence-corrected chi connectivity index (χ4v) is 0.888. The monoisotopic (exact) mass is 171 g/mol. The van der Waals surface area contributed by atoms with Gasteiger partial charge in [0.2, 0.25) is 11.8 Å². The molecule has 0 heterocycles. The number of hydrogen-bond acceptors (Lipinski definition) is 3. The molecule has 0 fully saturated rings. The highest BCUT2D eigenvalue weighted by atomic mass is 16.2. The van der Waals surface area contributed by atoms with E-state index in [0.29, 0.717) is 0 Å². The van der Waals surface area contributed by atoms with E-state index in [0.717, 1.165) is 0 Å². The van der Waals surface area contributed by atoms with Gasteiger partial charge in [0.05, 0.1) is 0 Å². The summed E-state index contributed by atoms with van der Waals surface area (Å²) in [5, 5.41) is 2.50. The van der Waals surface area contributed by atoms with Crippen molar-refractivity contribution in [3.8, 4) is 0 Å². The van der Waals surface area contributed by atoms with Crippen LogP contribution >= 0.6 is 0 Å². The summed E-state index contributed by atoms with van der Waals surface area (Å²) in [5.41, 5.74) is 8.54. The maximum absolute atomic E-state index is 10.9. The second-order valence-electron chi connectivity index (χ2n) is 2.38. The zero-order chi connectivity index (χ0) is 9.78. The van der Waals surface area contributed by atoms with Crippen molar-refractivity contribution in [3.63, 3.8) is 0 Å². The molecule has 0 spiro atoms. The van der Waals surface area contributed by atoms with Crippen LogP contribution in [0.15, 0.2) is 12.7 Å². The van der Waals surface area contributed by atoms with Crippen molar-refractivity contribution in [1.82, 2.24) is 5.32 Å². The highest BCUT2D eigenvalue weighted by Crippen LogP contribution is 2.08. The third kappa shape index (κ3) is 1.62. The Morgan fingerprint density at radius 3 is 2.00 bits per heavy atom. The smallest absolute Gasteiger partial charge is 0.247 e. The van der Waals surface area contributed by atoms with Crippen molar-refractivity contribution < 1.29 is 9.59 Å². The van der Waals surface area contributed by atoms with Crippen molar-refractivity contribution in [2.75, 3.05) is 7.05 Å². The second-order valence-corrected chi connectivity index (χ2v) is 2.38. The summed E-state index contributed by atoms with van der Waals surface area (Å²) in [5.74, 6) is -1.59. The lowest BCUT2D eigenvalue weighted by atomic mass is 9.94. The molecule has 0 aromatic heterocycles. The number of amides is 2. The van der Waals surface area contributed by atoms with Gasteiger partial charge in [-0.1, -0.05) is 6.08 Å². The number of nitrogens with two attached hydrogens (primary N) is 2. The van der Waals surface area contributed by atoms with Gasteiger partial charge in [0.15, 0.2) is 5.54 Å². The third-order valence-corrected chi connectivity index (χ3v) is 1.72. The molecule has 5 N–H and O–H groups in total. The van der Waals surface area contributed by atoms with Crippen LogP contribution < -0.4 is 16.8 Å². The number of carbonyl (C=O) groups excluding carboxylic acids is 2. The van der Waals surface area contributed by atoms with Gasteiger partial charge in [-0.25, -0.2) is 0 Å². The summed E-state index contributed by atoms with van der Waals surface area (Å²) < 4.78 is 0. The van der Waals surface area contributed by atoms with E-state index < -0.39 is 17.4 Å². The first kappa shape index (κ1) is 10.6. The predicted octanol–water partition coefficient (Wildman–Crippen LogP) is -1.51. The summed E-state index contributed by atoms with van der Waals surface area (Å²) in [7, 11) is 1.44. The molecule has 0 aromatic carbocycles. The molecule has 0 atom stereocenters. The largest absolute Gasteiger partial charge is 0.368 e. The van der Waals surface area contributed by atoms with Crippen LogP contribution in [0.4, 0.5) is 0 Å². The summed E-state index contributed by atoms with van der Waals surface area (Å²) in [6, 6.07) is 0. The molecule has 5 heteroatoms. The number of carbonyl (C=O) groups is 2. The van der Waals surface area contributed by atoms with Crippen LogP contribution in [-0.2, 0) is 9.59 Å².